The number of halogens is 1. The van der Waals surface area contributed by atoms with Crippen LogP contribution in [0, 0.1) is 11.7 Å². The van der Waals surface area contributed by atoms with Crippen LogP contribution in [0.4, 0.5) is 15.8 Å². The predicted molar refractivity (Wildman–Crippen MR) is 131 cm³/mol. The van der Waals surface area contributed by atoms with E-state index < -0.39 is 17.8 Å². The first-order valence-corrected chi connectivity index (χ1v) is 11.2. The molecule has 3 aromatic carbocycles. The molecule has 0 spiro atoms. The molecule has 0 aromatic heterocycles. The Hall–Kier alpha value is -4.07. The van der Waals surface area contributed by atoms with Gasteiger partial charge in [0.25, 0.3) is 0 Å². The van der Waals surface area contributed by atoms with Crippen molar-refractivity contribution < 1.29 is 28.2 Å². The zero-order valence-electron chi connectivity index (χ0n) is 19.8. The molecule has 1 saturated heterocycles. The smallest absolute Gasteiger partial charge is 0.230 e. The first-order chi connectivity index (χ1) is 16.9. The van der Waals surface area contributed by atoms with Gasteiger partial charge in [-0.2, -0.15) is 0 Å². The molecule has 2 amide bonds. The molecular formula is C27H27FN2O5. The van der Waals surface area contributed by atoms with Crippen molar-refractivity contribution in [3.8, 4) is 17.2 Å². The van der Waals surface area contributed by atoms with E-state index >= 15 is 0 Å². The molecule has 0 radical (unpaired) electrons. The van der Waals surface area contributed by atoms with E-state index in [0.717, 1.165) is 0 Å². The molecule has 8 heteroatoms. The minimum atomic E-state index is -0.630. The van der Waals surface area contributed by atoms with E-state index in [1.807, 2.05) is 0 Å². The van der Waals surface area contributed by atoms with Crippen LogP contribution in [0.15, 0.2) is 66.7 Å². The highest BCUT2D eigenvalue weighted by Crippen LogP contribution is 2.41. The average molecular weight is 479 g/mol. The van der Waals surface area contributed by atoms with Crippen LogP contribution in [0.5, 0.6) is 17.2 Å². The van der Waals surface area contributed by atoms with Crippen LogP contribution in [0.25, 0.3) is 0 Å². The summed E-state index contributed by atoms with van der Waals surface area (Å²) >= 11 is 0. The molecule has 0 unspecified atom stereocenters. The molecule has 7 nitrogen and oxygen atoms in total. The monoisotopic (exact) mass is 478 g/mol. The number of methoxy groups -OCH3 is 3. The number of hydrogen-bond acceptors (Lipinski definition) is 5. The number of piperidine rings is 1. The van der Waals surface area contributed by atoms with E-state index in [1.54, 1.807) is 73.7 Å². The molecule has 1 fully saturated rings. The van der Waals surface area contributed by atoms with Gasteiger partial charge in [0.1, 0.15) is 23.1 Å². The van der Waals surface area contributed by atoms with Gasteiger partial charge in [0, 0.05) is 18.2 Å². The Morgan fingerprint density at radius 1 is 0.914 bits per heavy atom. The van der Waals surface area contributed by atoms with Gasteiger partial charge < -0.3 is 24.4 Å². The molecule has 0 aliphatic carbocycles. The van der Waals surface area contributed by atoms with Gasteiger partial charge in [-0.1, -0.05) is 12.1 Å². The number of benzene rings is 3. The summed E-state index contributed by atoms with van der Waals surface area (Å²) in [5.41, 5.74) is 1.78. The third kappa shape index (κ3) is 5.06. The lowest BCUT2D eigenvalue weighted by molar-refractivity contribution is -0.125. The fourth-order valence-corrected chi connectivity index (χ4v) is 4.38. The molecule has 0 saturated carbocycles. The number of hydrogen-bond donors (Lipinski definition) is 1. The van der Waals surface area contributed by atoms with Crippen LogP contribution in [-0.2, 0) is 9.59 Å². The second-order valence-corrected chi connectivity index (χ2v) is 8.16. The number of carbonyl (C=O) groups is 2. The summed E-state index contributed by atoms with van der Waals surface area (Å²) in [4.78, 5) is 28.4. The largest absolute Gasteiger partial charge is 0.497 e. The Labute approximate surface area is 203 Å². The first kappa shape index (κ1) is 24.1. The van der Waals surface area contributed by atoms with Gasteiger partial charge in [-0.25, -0.2) is 4.39 Å². The predicted octanol–water partition coefficient (Wildman–Crippen LogP) is 4.97. The summed E-state index contributed by atoms with van der Waals surface area (Å²) < 4.78 is 29.6. The van der Waals surface area contributed by atoms with E-state index in [0.29, 0.717) is 40.6 Å². The Kier molecular flexibility index (Phi) is 7.19. The fraction of sp³-hybridized carbons (Fsp3) is 0.259. The number of carbonyl (C=O) groups excluding carboxylic acids is 2. The maximum absolute atomic E-state index is 13.7. The fourth-order valence-electron chi connectivity index (χ4n) is 4.38. The van der Waals surface area contributed by atoms with Gasteiger partial charge in [0.05, 0.1) is 39.0 Å². The van der Waals surface area contributed by atoms with Gasteiger partial charge in [0.15, 0.2) is 0 Å². The standard InChI is InChI=1S/C27H27FN2O5/c1-33-20-10-8-19(9-11-20)30-25(31)15-13-22(26(30)17-4-6-18(28)7-5-17)27(32)29-23-14-12-21(34-2)16-24(23)35-3/h4-12,14,16,22,26H,13,15H2,1-3H3,(H,29,32)/t22-,26+/m1/s1. The number of amides is 2. The summed E-state index contributed by atoms with van der Waals surface area (Å²) in [6.07, 6.45) is 0.541. The molecule has 1 heterocycles. The molecule has 4 rings (SSSR count). The minimum absolute atomic E-state index is 0.115. The topological polar surface area (TPSA) is 77.1 Å². The van der Waals surface area contributed by atoms with Crippen LogP contribution in [0.1, 0.15) is 24.4 Å². The Bertz CT molecular complexity index is 1200. The lowest BCUT2D eigenvalue weighted by atomic mass is 9.83. The SMILES string of the molecule is COc1ccc(N2C(=O)CC[C@@H](C(=O)Nc3ccc(OC)cc3OC)[C@@H]2c2ccc(F)cc2)cc1. The molecule has 1 aliphatic heterocycles. The second kappa shape index (κ2) is 10.5. The highest BCUT2D eigenvalue weighted by atomic mass is 19.1. The maximum atomic E-state index is 13.7. The van der Waals surface area contributed by atoms with Gasteiger partial charge in [-0.15, -0.1) is 0 Å². The average Bonchev–Trinajstić information content (AvgIpc) is 2.89. The zero-order valence-corrected chi connectivity index (χ0v) is 19.8. The van der Waals surface area contributed by atoms with Crippen molar-refractivity contribution in [2.75, 3.05) is 31.5 Å². The van der Waals surface area contributed by atoms with E-state index in [1.165, 1.54) is 19.2 Å². The van der Waals surface area contributed by atoms with Crippen molar-refractivity contribution in [1.29, 1.82) is 0 Å². The molecule has 35 heavy (non-hydrogen) atoms. The van der Waals surface area contributed by atoms with Crippen molar-refractivity contribution in [3.63, 3.8) is 0 Å². The van der Waals surface area contributed by atoms with Crippen LogP contribution in [0.2, 0.25) is 0 Å². The minimum Gasteiger partial charge on any atom is -0.497 e. The molecule has 182 valence electrons. The lowest BCUT2D eigenvalue weighted by Crippen LogP contribution is -2.47. The molecular weight excluding hydrogens is 451 g/mol. The maximum Gasteiger partial charge on any atom is 0.230 e. The van der Waals surface area contributed by atoms with Gasteiger partial charge in [0.2, 0.25) is 11.8 Å². The van der Waals surface area contributed by atoms with Crippen LogP contribution in [0.3, 0.4) is 0 Å². The van der Waals surface area contributed by atoms with Crippen molar-refractivity contribution in [2.45, 2.75) is 18.9 Å². The number of anilines is 2. The van der Waals surface area contributed by atoms with Gasteiger partial charge in [-0.05, 0) is 60.5 Å². The quantitative estimate of drug-likeness (QED) is 0.519. The van der Waals surface area contributed by atoms with E-state index in [9.17, 15) is 14.0 Å². The van der Waals surface area contributed by atoms with Crippen LogP contribution < -0.4 is 24.4 Å². The van der Waals surface area contributed by atoms with E-state index in [4.69, 9.17) is 14.2 Å². The van der Waals surface area contributed by atoms with Crippen molar-refractivity contribution >= 4 is 23.2 Å². The van der Waals surface area contributed by atoms with Crippen molar-refractivity contribution in [1.82, 2.24) is 0 Å². The normalized spacial score (nSPS) is 17.6. The third-order valence-electron chi connectivity index (χ3n) is 6.16. The van der Waals surface area contributed by atoms with Crippen LogP contribution >= 0.6 is 0 Å². The third-order valence-corrected chi connectivity index (χ3v) is 6.16. The molecule has 3 aromatic rings. The molecule has 1 N–H and O–H groups in total. The van der Waals surface area contributed by atoms with Gasteiger partial charge >= 0.3 is 0 Å². The highest BCUT2D eigenvalue weighted by Gasteiger charge is 2.41. The second-order valence-electron chi connectivity index (χ2n) is 8.16. The number of ether oxygens (including phenoxy) is 3. The van der Waals surface area contributed by atoms with Crippen LogP contribution in [-0.4, -0.2) is 33.1 Å². The summed E-state index contributed by atoms with van der Waals surface area (Å²) in [6.45, 7) is 0. The van der Waals surface area contributed by atoms with E-state index in [-0.39, 0.29) is 18.2 Å². The number of nitrogens with one attached hydrogen (secondary N) is 1. The zero-order chi connectivity index (χ0) is 24.9. The Balaban J connectivity index is 1.72. The summed E-state index contributed by atoms with van der Waals surface area (Å²) in [6, 6.07) is 17.5. The molecule has 2 atom stereocenters. The summed E-state index contributed by atoms with van der Waals surface area (Å²) in [5, 5.41) is 2.95. The Morgan fingerprint density at radius 3 is 2.20 bits per heavy atom. The van der Waals surface area contributed by atoms with E-state index in [2.05, 4.69) is 5.32 Å². The number of rotatable bonds is 7. The van der Waals surface area contributed by atoms with Crippen molar-refractivity contribution in [3.05, 3.63) is 78.1 Å². The lowest BCUT2D eigenvalue weighted by Gasteiger charge is -2.41. The van der Waals surface area contributed by atoms with Gasteiger partial charge in [-0.3, -0.25) is 9.59 Å². The number of nitrogens with zero attached hydrogens (tertiary/aromatic N) is 1. The summed E-state index contributed by atoms with van der Waals surface area (Å²) in [7, 11) is 4.62. The van der Waals surface area contributed by atoms with Crippen molar-refractivity contribution in [2.24, 2.45) is 5.92 Å². The Morgan fingerprint density at radius 2 is 1.57 bits per heavy atom. The first-order valence-electron chi connectivity index (χ1n) is 11.2. The molecule has 1 aliphatic rings. The summed E-state index contributed by atoms with van der Waals surface area (Å²) in [5.74, 6) is 0.331. The highest BCUT2D eigenvalue weighted by molar-refractivity contribution is 6.00. The molecule has 0 bridgehead atoms.